The molecule has 12 heteroatoms. The number of esters is 1. The van der Waals surface area contributed by atoms with Gasteiger partial charge in [0.15, 0.2) is 5.82 Å². The minimum Gasteiger partial charge on any atom is -0.467 e. The van der Waals surface area contributed by atoms with E-state index in [0.717, 1.165) is 6.07 Å². The summed E-state index contributed by atoms with van der Waals surface area (Å²) in [5.74, 6) is -1.51. The van der Waals surface area contributed by atoms with Crippen molar-refractivity contribution in [1.29, 1.82) is 0 Å². The second-order valence-electron chi connectivity index (χ2n) is 7.89. The predicted molar refractivity (Wildman–Crippen MR) is 121 cm³/mol. The Labute approximate surface area is 198 Å². The lowest BCUT2D eigenvalue weighted by atomic mass is 10.0. The summed E-state index contributed by atoms with van der Waals surface area (Å²) in [6, 6.07) is 7.64. The summed E-state index contributed by atoms with van der Waals surface area (Å²) >= 11 is 0. The van der Waals surface area contributed by atoms with Crippen LogP contribution in [0.5, 0.6) is 0 Å². The summed E-state index contributed by atoms with van der Waals surface area (Å²) in [5.41, 5.74) is -1.19. The van der Waals surface area contributed by atoms with Gasteiger partial charge in [-0.3, -0.25) is 0 Å². The standard InChI is InChI=1S/C23H23F4N5O3/c1-12(2)19(21(33)35-3)32-20-14-6-4-5-7-17(14)30-18(31-20)11-28-22(34)29-13-8-9-16(24)15(10-13)23(25,26)27/h4-10,12,19H,11H2,1-3H3,(H2,28,29,34)(H,30,31,32)/t19-/m0/s1. The van der Waals surface area contributed by atoms with Crippen LogP contribution in [0.3, 0.4) is 0 Å². The van der Waals surface area contributed by atoms with Gasteiger partial charge in [-0.2, -0.15) is 13.2 Å². The van der Waals surface area contributed by atoms with Crippen molar-refractivity contribution >= 4 is 34.4 Å². The van der Waals surface area contributed by atoms with Crippen molar-refractivity contribution in [3.63, 3.8) is 0 Å². The highest BCUT2D eigenvalue weighted by molar-refractivity contribution is 5.91. The zero-order valence-electron chi connectivity index (χ0n) is 19.0. The summed E-state index contributed by atoms with van der Waals surface area (Å²) in [6.45, 7) is 3.50. The number of para-hydroxylation sites is 1. The molecule has 0 aliphatic carbocycles. The quantitative estimate of drug-likeness (QED) is 0.325. The van der Waals surface area contributed by atoms with Crippen molar-refractivity contribution in [2.24, 2.45) is 5.92 Å². The van der Waals surface area contributed by atoms with Gasteiger partial charge in [0.25, 0.3) is 0 Å². The van der Waals surface area contributed by atoms with Gasteiger partial charge in [-0.1, -0.05) is 26.0 Å². The molecular formula is C23H23F4N5O3. The molecule has 2 amide bonds. The van der Waals surface area contributed by atoms with Crippen molar-refractivity contribution in [3.8, 4) is 0 Å². The minimum atomic E-state index is -4.90. The van der Waals surface area contributed by atoms with Crippen LogP contribution < -0.4 is 16.0 Å². The van der Waals surface area contributed by atoms with Crippen LogP contribution in [-0.4, -0.2) is 35.1 Å². The molecule has 0 aliphatic rings. The van der Waals surface area contributed by atoms with Gasteiger partial charge in [-0.05, 0) is 36.2 Å². The number of amides is 2. The number of rotatable bonds is 7. The fourth-order valence-electron chi connectivity index (χ4n) is 3.24. The fourth-order valence-corrected chi connectivity index (χ4v) is 3.24. The summed E-state index contributed by atoms with van der Waals surface area (Å²) in [6.07, 6.45) is -4.90. The highest BCUT2D eigenvalue weighted by Crippen LogP contribution is 2.33. The van der Waals surface area contributed by atoms with E-state index in [9.17, 15) is 27.2 Å². The molecular weight excluding hydrogens is 470 g/mol. The molecule has 0 unspecified atom stereocenters. The SMILES string of the molecule is COC(=O)[C@@H](Nc1nc(CNC(=O)Nc2ccc(F)c(C(F)(F)F)c2)nc2ccccc12)C(C)C. The van der Waals surface area contributed by atoms with Gasteiger partial charge < -0.3 is 20.7 Å². The molecule has 0 fully saturated rings. The van der Waals surface area contributed by atoms with E-state index in [0.29, 0.717) is 28.9 Å². The van der Waals surface area contributed by atoms with Crippen LogP contribution in [0.2, 0.25) is 0 Å². The zero-order chi connectivity index (χ0) is 25.8. The largest absolute Gasteiger partial charge is 0.467 e. The number of nitrogens with zero attached hydrogens (tertiary/aromatic N) is 2. The number of alkyl halides is 3. The monoisotopic (exact) mass is 493 g/mol. The van der Waals surface area contributed by atoms with E-state index in [2.05, 4.69) is 25.9 Å². The molecule has 0 radical (unpaired) electrons. The molecule has 0 aliphatic heterocycles. The average Bonchev–Trinajstić information content (AvgIpc) is 2.80. The van der Waals surface area contributed by atoms with Crippen LogP contribution in [0.4, 0.5) is 33.9 Å². The third-order valence-corrected chi connectivity index (χ3v) is 5.00. The van der Waals surface area contributed by atoms with Crippen molar-refractivity contribution < 1.29 is 31.9 Å². The Balaban J connectivity index is 1.78. The summed E-state index contributed by atoms with van der Waals surface area (Å²) in [5, 5.41) is 8.39. The lowest BCUT2D eigenvalue weighted by Crippen LogP contribution is -2.36. The molecule has 35 heavy (non-hydrogen) atoms. The molecule has 1 aromatic heterocycles. The Morgan fingerprint density at radius 2 is 1.80 bits per heavy atom. The Kier molecular flexibility index (Phi) is 7.72. The lowest BCUT2D eigenvalue weighted by molar-refractivity contribution is -0.142. The van der Waals surface area contributed by atoms with Crippen LogP contribution in [0, 0.1) is 11.7 Å². The number of carbonyl (C=O) groups is 2. The number of ether oxygens (including phenoxy) is 1. The highest BCUT2D eigenvalue weighted by atomic mass is 19.4. The first kappa shape index (κ1) is 25.7. The number of hydrogen-bond acceptors (Lipinski definition) is 6. The number of urea groups is 1. The first-order chi connectivity index (χ1) is 16.5. The molecule has 186 valence electrons. The van der Waals surface area contributed by atoms with E-state index in [1.165, 1.54) is 7.11 Å². The molecule has 8 nitrogen and oxygen atoms in total. The van der Waals surface area contributed by atoms with Gasteiger partial charge in [0.1, 0.15) is 17.7 Å². The van der Waals surface area contributed by atoms with E-state index in [-0.39, 0.29) is 24.0 Å². The van der Waals surface area contributed by atoms with Crippen molar-refractivity contribution in [2.75, 3.05) is 17.7 Å². The molecule has 0 bridgehead atoms. The normalized spacial score (nSPS) is 12.3. The number of benzene rings is 2. The number of nitrogens with one attached hydrogen (secondary N) is 3. The maximum absolute atomic E-state index is 13.5. The number of carbonyl (C=O) groups excluding carboxylic acids is 2. The molecule has 0 saturated carbocycles. The number of aromatic nitrogens is 2. The van der Waals surface area contributed by atoms with Gasteiger partial charge in [0.2, 0.25) is 0 Å². The third kappa shape index (κ3) is 6.34. The minimum absolute atomic E-state index is 0.124. The van der Waals surface area contributed by atoms with Crippen molar-refractivity contribution in [2.45, 2.75) is 32.6 Å². The van der Waals surface area contributed by atoms with Gasteiger partial charge in [-0.25, -0.2) is 23.9 Å². The van der Waals surface area contributed by atoms with E-state index in [1.54, 1.807) is 24.3 Å². The molecule has 2 aromatic carbocycles. The highest BCUT2D eigenvalue weighted by Gasteiger charge is 2.34. The van der Waals surface area contributed by atoms with E-state index < -0.39 is 35.6 Å². The van der Waals surface area contributed by atoms with Crippen LogP contribution in [-0.2, 0) is 22.3 Å². The first-order valence-electron chi connectivity index (χ1n) is 10.5. The van der Waals surface area contributed by atoms with Crippen LogP contribution in [0.25, 0.3) is 10.9 Å². The van der Waals surface area contributed by atoms with E-state index >= 15 is 0 Å². The molecule has 3 aromatic rings. The molecule has 3 N–H and O–H groups in total. The summed E-state index contributed by atoms with van der Waals surface area (Å²) in [7, 11) is 1.28. The average molecular weight is 493 g/mol. The summed E-state index contributed by atoms with van der Waals surface area (Å²) < 4.78 is 57.0. The number of fused-ring (bicyclic) bond motifs is 1. The number of halogens is 4. The maximum Gasteiger partial charge on any atom is 0.419 e. The lowest BCUT2D eigenvalue weighted by Gasteiger charge is -2.21. The van der Waals surface area contributed by atoms with E-state index in [1.807, 2.05) is 13.8 Å². The third-order valence-electron chi connectivity index (χ3n) is 5.00. The number of anilines is 2. The topological polar surface area (TPSA) is 105 Å². The Morgan fingerprint density at radius 3 is 2.46 bits per heavy atom. The van der Waals surface area contributed by atoms with Crippen LogP contribution in [0.15, 0.2) is 42.5 Å². The van der Waals surface area contributed by atoms with Gasteiger partial charge in [0.05, 0.1) is 24.7 Å². The molecule has 1 atom stereocenters. The maximum atomic E-state index is 13.5. The van der Waals surface area contributed by atoms with Gasteiger partial charge in [0, 0.05) is 11.1 Å². The predicted octanol–water partition coefficient (Wildman–Crippen LogP) is 4.72. The van der Waals surface area contributed by atoms with Gasteiger partial charge >= 0.3 is 18.2 Å². The Bertz CT molecular complexity index is 1230. The van der Waals surface area contributed by atoms with Crippen LogP contribution in [0.1, 0.15) is 25.2 Å². The molecule has 0 spiro atoms. The van der Waals surface area contributed by atoms with Crippen molar-refractivity contribution in [1.82, 2.24) is 15.3 Å². The molecule has 3 rings (SSSR count). The molecule has 0 saturated heterocycles. The first-order valence-corrected chi connectivity index (χ1v) is 10.5. The zero-order valence-corrected chi connectivity index (χ0v) is 19.0. The Hall–Kier alpha value is -3.96. The van der Waals surface area contributed by atoms with Crippen molar-refractivity contribution in [3.05, 3.63) is 59.7 Å². The summed E-state index contributed by atoms with van der Waals surface area (Å²) in [4.78, 5) is 33.2. The van der Waals surface area contributed by atoms with Crippen LogP contribution >= 0.6 is 0 Å². The fraction of sp³-hybridized carbons (Fsp3) is 0.304. The number of methoxy groups -OCH3 is 1. The second-order valence-corrected chi connectivity index (χ2v) is 7.89. The molecule has 1 heterocycles. The second kappa shape index (κ2) is 10.5. The van der Waals surface area contributed by atoms with E-state index in [4.69, 9.17) is 4.74 Å². The van der Waals surface area contributed by atoms with Gasteiger partial charge in [-0.15, -0.1) is 0 Å². The Morgan fingerprint density at radius 1 is 1.09 bits per heavy atom. The smallest absolute Gasteiger partial charge is 0.419 e. The number of hydrogen-bond donors (Lipinski definition) is 3.